The third-order valence-electron chi connectivity index (χ3n) is 3.77. The standard InChI is InChI=1S/C17H19FN4OS/c1-2-9-22-16(12-7-8-12)20-21-17(22)24-11-15(23)19-10-13-5-3-4-6-14(13)18/h2-6,12H,1,7-11H2,(H,19,23). The summed E-state index contributed by atoms with van der Waals surface area (Å²) in [5, 5.41) is 11.9. The number of aromatic nitrogens is 3. The Kier molecular flexibility index (Phi) is 5.30. The van der Waals surface area contributed by atoms with E-state index in [4.69, 9.17) is 0 Å². The molecule has 1 fully saturated rings. The first-order chi connectivity index (χ1) is 11.7. The van der Waals surface area contributed by atoms with Crippen molar-refractivity contribution in [2.45, 2.75) is 37.0 Å². The fourth-order valence-corrected chi connectivity index (χ4v) is 3.15. The Balaban J connectivity index is 1.54. The number of thioether (sulfide) groups is 1. The van der Waals surface area contributed by atoms with Gasteiger partial charge in [0.2, 0.25) is 5.91 Å². The van der Waals surface area contributed by atoms with Crippen LogP contribution in [0.1, 0.15) is 30.1 Å². The minimum absolute atomic E-state index is 0.163. The van der Waals surface area contributed by atoms with Crippen molar-refractivity contribution in [1.29, 1.82) is 0 Å². The molecule has 1 aromatic heterocycles. The molecule has 1 heterocycles. The van der Waals surface area contributed by atoms with E-state index in [-0.39, 0.29) is 24.0 Å². The largest absolute Gasteiger partial charge is 0.351 e. The molecule has 1 aromatic carbocycles. The van der Waals surface area contributed by atoms with Gasteiger partial charge in [-0.15, -0.1) is 16.8 Å². The highest BCUT2D eigenvalue weighted by molar-refractivity contribution is 7.99. The van der Waals surface area contributed by atoms with Crippen molar-refractivity contribution >= 4 is 17.7 Å². The van der Waals surface area contributed by atoms with E-state index in [1.807, 2.05) is 4.57 Å². The van der Waals surface area contributed by atoms with Crippen molar-refractivity contribution in [1.82, 2.24) is 20.1 Å². The van der Waals surface area contributed by atoms with Crippen LogP contribution in [0, 0.1) is 5.82 Å². The van der Waals surface area contributed by atoms with E-state index in [1.165, 1.54) is 17.8 Å². The molecule has 1 aliphatic carbocycles. The minimum Gasteiger partial charge on any atom is -0.351 e. The van der Waals surface area contributed by atoms with Gasteiger partial charge in [0.15, 0.2) is 5.16 Å². The highest BCUT2D eigenvalue weighted by Crippen LogP contribution is 2.40. The second-order valence-corrected chi connectivity index (χ2v) is 6.61. The predicted molar refractivity (Wildman–Crippen MR) is 91.2 cm³/mol. The number of carbonyl (C=O) groups is 1. The van der Waals surface area contributed by atoms with Crippen LogP contribution in [0.15, 0.2) is 42.1 Å². The van der Waals surface area contributed by atoms with Crippen LogP contribution in [-0.2, 0) is 17.9 Å². The summed E-state index contributed by atoms with van der Waals surface area (Å²) in [5.41, 5.74) is 0.474. The van der Waals surface area contributed by atoms with E-state index in [1.54, 1.807) is 24.3 Å². The number of rotatable bonds is 8. The van der Waals surface area contributed by atoms with E-state index in [2.05, 4.69) is 22.1 Å². The molecule has 1 N–H and O–H groups in total. The van der Waals surface area contributed by atoms with Gasteiger partial charge in [-0.25, -0.2) is 4.39 Å². The molecule has 0 radical (unpaired) electrons. The molecular weight excluding hydrogens is 327 g/mol. The SMILES string of the molecule is C=CCn1c(SCC(=O)NCc2ccccc2F)nnc1C1CC1. The summed E-state index contributed by atoms with van der Waals surface area (Å²) in [6, 6.07) is 6.41. The second-order valence-electron chi connectivity index (χ2n) is 5.67. The average Bonchev–Trinajstić information content (AvgIpc) is 3.35. The van der Waals surface area contributed by atoms with Crippen LogP contribution in [0.5, 0.6) is 0 Å². The number of carbonyl (C=O) groups excluding carboxylic acids is 1. The van der Waals surface area contributed by atoms with Gasteiger partial charge in [-0.3, -0.25) is 4.79 Å². The number of benzene rings is 1. The molecule has 2 aromatic rings. The van der Waals surface area contributed by atoms with Crippen molar-refractivity contribution in [2.75, 3.05) is 5.75 Å². The molecule has 0 bridgehead atoms. The first-order valence-corrected chi connectivity index (χ1v) is 8.84. The number of allylic oxidation sites excluding steroid dienone is 1. The van der Waals surface area contributed by atoms with E-state index in [0.29, 0.717) is 18.0 Å². The van der Waals surface area contributed by atoms with Gasteiger partial charge in [-0.05, 0) is 18.9 Å². The maximum Gasteiger partial charge on any atom is 0.230 e. The Hall–Kier alpha value is -2.15. The topological polar surface area (TPSA) is 59.8 Å². The first-order valence-electron chi connectivity index (χ1n) is 7.86. The summed E-state index contributed by atoms with van der Waals surface area (Å²) in [7, 11) is 0. The van der Waals surface area contributed by atoms with Crippen LogP contribution in [0.25, 0.3) is 0 Å². The van der Waals surface area contributed by atoms with Crippen LogP contribution in [0.4, 0.5) is 4.39 Å². The maximum absolute atomic E-state index is 13.5. The van der Waals surface area contributed by atoms with Crippen LogP contribution >= 0.6 is 11.8 Å². The van der Waals surface area contributed by atoms with E-state index in [9.17, 15) is 9.18 Å². The summed E-state index contributed by atoms with van der Waals surface area (Å²) < 4.78 is 15.5. The Bertz CT molecular complexity index is 742. The zero-order valence-corrected chi connectivity index (χ0v) is 14.1. The summed E-state index contributed by atoms with van der Waals surface area (Å²) in [6.45, 7) is 4.58. The number of hydrogen-bond donors (Lipinski definition) is 1. The van der Waals surface area contributed by atoms with Gasteiger partial charge >= 0.3 is 0 Å². The Morgan fingerprint density at radius 2 is 2.21 bits per heavy atom. The normalized spacial score (nSPS) is 13.7. The lowest BCUT2D eigenvalue weighted by Crippen LogP contribution is -2.25. The lowest BCUT2D eigenvalue weighted by molar-refractivity contribution is -0.118. The molecule has 1 aliphatic rings. The number of hydrogen-bond acceptors (Lipinski definition) is 4. The quantitative estimate of drug-likeness (QED) is 0.590. The summed E-state index contributed by atoms with van der Waals surface area (Å²) in [6.07, 6.45) is 4.09. The molecule has 24 heavy (non-hydrogen) atoms. The molecule has 0 spiro atoms. The molecule has 0 unspecified atom stereocenters. The number of halogens is 1. The Morgan fingerprint density at radius 1 is 1.42 bits per heavy atom. The fourth-order valence-electron chi connectivity index (χ4n) is 2.37. The molecule has 7 heteroatoms. The fraction of sp³-hybridized carbons (Fsp3) is 0.353. The average molecular weight is 346 g/mol. The highest BCUT2D eigenvalue weighted by Gasteiger charge is 2.30. The lowest BCUT2D eigenvalue weighted by Gasteiger charge is -2.08. The highest BCUT2D eigenvalue weighted by atomic mass is 32.2. The van der Waals surface area contributed by atoms with E-state index >= 15 is 0 Å². The molecule has 3 rings (SSSR count). The number of nitrogens with zero attached hydrogens (tertiary/aromatic N) is 3. The van der Waals surface area contributed by atoms with E-state index in [0.717, 1.165) is 23.8 Å². The van der Waals surface area contributed by atoms with Gasteiger partial charge in [0.1, 0.15) is 11.6 Å². The van der Waals surface area contributed by atoms with Gasteiger partial charge in [0, 0.05) is 24.6 Å². The number of nitrogens with one attached hydrogen (secondary N) is 1. The van der Waals surface area contributed by atoms with Crippen molar-refractivity contribution in [3.05, 3.63) is 54.1 Å². The van der Waals surface area contributed by atoms with Gasteiger partial charge in [-0.1, -0.05) is 36.0 Å². The van der Waals surface area contributed by atoms with Crippen LogP contribution in [-0.4, -0.2) is 26.4 Å². The lowest BCUT2D eigenvalue weighted by atomic mass is 10.2. The zero-order valence-electron chi connectivity index (χ0n) is 13.2. The molecule has 1 amide bonds. The minimum atomic E-state index is -0.315. The van der Waals surface area contributed by atoms with Gasteiger partial charge in [0.25, 0.3) is 0 Å². The van der Waals surface area contributed by atoms with Crippen LogP contribution < -0.4 is 5.32 Å². The Morgan fingerprint density at radius 3 is 2.92 bits per heavy atom. The molecule has 5 nitrogen and oxygen atoms in total. The van der Waals surface area contributed by atoms with Crippen LogP contribution in [0.2, 0.25) is 0 Å². The van der Waals surface area contributed by atoms with Crippen LogP contribution in [0.3, 0.4) is 0 Å². The molecular formula is C17H19FN4OS. The first kappa shape index (κ1) is 16.7. The van der Waals surface area contributed by atoms with Crippen molar-refractivity contribution in [3.63, 3.8) is 0 Å². The summed E-state index contributed by atoms with van der Waals surface area (Å²) in [5.74, 6) is 1.20. The molecule has 0 atom stereocenters. The molecule has 126 valence electrons. The van der Waals surface area contributed by atoms with E-state index < -0.39 is 0 Å². The molecule has 0 saturated heterocycles. The molecule has 1 saturated carbocycles. The predicted octanol–water partition coefficient (Wildman–Crippen LogP) is 2.89. The summed E-state index contributed by atoms with van der Waals surface area (Å²) >= 11 is 1.34. The molecule has 0 aliphatic heterocycles. The third-order valence-corrected chi connectivity index (χ3v) is 4.73. The monoisotopic (exact) mass is 346 g/mol. The van der Waals surface area contributed by atoms with Gasteiger partial charge < -0.3 is 9.88 Å². The summed E-state index contributed by atoms with van der Waals surface area (Å²) in [4.78, 5) is 12.0. The third kappa shape index (κ3) is 4.03. The zero-order chi connectivity index (χ0) is 16.9. The van der Waals surface area contributed by atoms with Crippen molar-refractivity contribution in [2.24, 2.45) is 0 Å². The van der Waals surface area contributed by atoms with Gasteiger partial charge in [0.05, 0.1) is 5.75 Å². The Labute approximate surface area is 144 Å². The number of amides is 1. The smallest absolute Gasteiger partial charge is 0.230 e. The van der Waals surface area contributed by atoms with Crippen molar-refractivity contribution in [3.8, 4) is 0 Å². The second kappa shape index (κ2) is 7.61. The van der Waals surface area contributed by atoms with Crippen molar-refractivity contribution < 1.29 is 9.18 Å². The maximum atomic E-state index is 13.5. The van der Waals surface area contributed by atoms with Gasteiger partial charge in [-0.2, -0.15) is 0 Å².